The van der Waals surface area contributed by atoms with Gasteiger partial charge in [0.2, 0.25) is 0 Å². The molecular weight excluding hydrogens is 290 g/mol. The molecule has 0 spiro atoms. The van der Waals surface area contributed by atoms with Gasteiger partial charge in [-0.3, -0.25) is 4.68 Å². The molecule has 2 aromatic heterocycles. The average Bonchev–Trinajstić information content (AvgIpc) is 2.88. The average molecular weight is 300 g/mol. The highest BCUT2D eigenvalue weighted by molar-refractivity contribution is 6.33. The summed E-state index contributed by atoms with van der Waals surface area (Å²) < 4.78 is 7.22. The number of benzene rings is 1. The van der Waals surface area contributed by atoms with E-state index in [0.717, 1.165) is 0 Å². The second-order valence-corrected chi connectivity index (χ2v) is 4.72. The third-order valence-corrected chi connectivity index (χ3v) is 3.23. The zero-order chi connectivity index (χ0) is 14.8. The van der Waals surface area contributed by atoms with Crippen molar-refractivity contribution in [1.82, 2.24) is 19.7 Å². The molecule has 1 aromatic carbocycles. The molecule has 3 rings (SSSR count). The first-order valence-electron chi connectivity index (χ1n) is 6.14. The molecule has 0 fully saturated rings. The number of halogens is 1. The van der Waals surface area contributed by atoms with E-state index in [1.807, 2.05) is 0 Å². The van der Waals surface area contributed by atoms with Crippen molar-refractivity contribution < 1.29 is 4.74 Å². The highest BCUT2D eigenvalue weighted by Gasteiger charge is 2.10. The van der Waals surface area contributed by atoms with E-state index < -0.39 is 0 Å². The van der Waals surface area contributed by atoms with Gasteiger partial charge in [0.15, 0.2) is 11.5 Å². The quantitative estimate of drug-likeness (QED) is 0.694. The van der Waals surface area contributed by atoms with Gasteiger partial charge in [-0.15, -0.1) is 0 Å². The minimum absolute atomic E-state index is 0.187. The number of hydrogen-bond acceptors (Lipinski definition) is 5. The summed E-state index contributed by atoms with van der Waals surface area (Å²) in [5.74, 6) is 1.11. The standard InChI is InChI=1S/C14H10ClN5O/c1-20-14-11(7-17-20)13(15)18-12(19-14)8-21-10-4-2-9(6-16)3-5-10/h2-5,7H,8H2,1H3. The molecule has 0 atom stereocenters. The zero-order valence-corrected chi connectivity index (χ0v) is 11.9. The Morgan fingerprint density at radius 1 is 1.29 bits per heavy atom. The Morgan fingerprint density at radius 3 is 2.76 bits per heavy atom. The molecule has 0 aliphatic carbocycles. The molecule has 0 radical (unpaired) electrons. The third-order valence-electron chi connectivity index (χ3n) is 2.94. The first kappa shape index (κ1) is 13.3. The summed E-state index contributed by atoms with van der Waals surface area (Å²) in [6, 6.07) is 8.88. The molecular formula is C14H10ClN5O. The van der Waals surface area contributed by atoms with Crippen LogP contribution < -0.4 is 4.74 Å². The number of nitriles is 1. The molecule has 0 unspecified atom stereocenters. The minimum Gasteiger partial charge on any atom is -0.486 e. The van der Waals surface area contributed by atoms with Gasteiger partial charge in [0, 0.05) is 7.05 Å². The van der Waals surface area contributed by atoms with Crippen molar-refractivity contribution in [3.8, 4) is 11.8 Å². The molecule has 104 valence electrons. The predicted molar refractivity (Wildman–Crippen MR) is 76.8 cm³/mol. The second-order valence-electron chi connectivity index (χ2n) is 4.36. The summed E-state index contributed by atoms with van der Waals surface area (Å²) >= 11 is 6.10. The molecule has 0 N–H and O–H groups in total. The van der Waals surface area contributed by atoms with Gasteiger partial charge in [-0.1, -0.05) is 11.6 Å². The predicted octanol–water partition coefficient (Wildman–Crippen LogP) is 2.47. The maximum atomic E-state index is 8.74. The third kappa shape index (κ3) is 2.64. The minimum atomic E-state index is 0.187. The molecule has 0 saturated carbocycles. The fourth-order valence-electron chi connectivity index (χ4n) is 1.87. The monoisotopic (exact) mass is 299 g/mol. The molecule has 7 heteroatoms. The van der Waals surface area contributed by atoms with Crippen LogP contribution >= 0.6 is 11.6 Å². The molecule has 6 nitrogen and oxygen atoms in total. The van der Waals surface area contributed by atoms with Gasteiger partial charge in [0.25, 0.3) is 0 Å². The van der Waals surface area contributed by atoms with Gasteiger partial charge in [-0.25, -0.2) is 9.97 Å². The summed E-state index contributed by atoms with van der Waals surface area (Å²) in [5, 5.41) is 13.9. The summed E-state index contributed by atoms with van der Waals surface area (Å²) in [6.45, 7) is 0.187. The van der Waals surface area contributed by atoms with Gasteiger partial charge in [-0.2, -0.15) is 10.4 Å². The lowest BCUT2D eigenvalue weighted by atomic mass is 10.2. The molecule has 0 saturated heterocycles. The van der Waals surface area contributed by atoms with Crippen molar-refractivity contribution in [2.45, 2.75) is 6.61 Å². The molecule has 3 aromatic rings. The number of rotatable bonds is 3. The normalized spacial score (nSPS) is 10.5. The van der Waals surface area contributed by atoms with E-state index in [4.69, 9.17) is 21.6 Å². The van der Waals surface area contributed by atoms with Crippen LogP contribution in [0, 0.1) is 11.3 Å². The lowest BCUT2D eigenvalue weighted by Crippen LogP contribution is -2.03. The van der Waals surface area contributed by atoms with Crippen LogP contribution in [0.2, 0.25) is 5.15 Å². The van der Waals surface area contributed by atoms with Crippen LogP contribution in [0.3, 0.4) is 0 Å². The van der Waals surface area contributed by atoms with Crippen molar-refractivity contribution >= 4 is 22.6 Å². The van der Waals surface area contributed by atoms with Crippen molar-refractivity contribution in [2.75, 3.05) is 0 Å². The molecule has 21 heavy (non-hydrogen) atoms. The molecule has 0 amide bonds. The van der Waals surface area contributed by atoms with E-state index in [1.54, 1.807) is 42.2 Å². The van der Waals surface area contributed by atoms with Crippen LogP contribution in [0.1, 0.15) is 11.4 Å². The molecule has 0 bridgehead atoms. The number of aryl methyl sites for hydroxylation is 1. The SMILES string of the molecule is Cn1ncc2c(Cl)nc(COc3ccc(C#N)cc3)nc21. The van der Waals surface area contributed by atoms with E-state index in [0.29, 0.717) is 33.3 Å². The molecule has 0 aliphatic rings. The van der Waals surface area contributed by atoms with Crippen LogP contribution in [0.15, 0.2) is 30.5 Å². The van der Waals surface area contributed by atoms with Gasteiger partial charge in [0.1, 0.15) is 17.5 Å². The largest absolute Gasteiger partial charge is 0.486 e. The molecule has 2 heterocycles. The van der Waals surface area contributed by atoms with Gasteiger partial charge in [-0.05, 0) is 24.3 Å². The van der Waals surface area contributed by atoms with E-state index in [-0.39, 0.29) is 6.61 Å². The van der Waals surface area contributed by atoms with E-state index in [9.17, 15) is 0 Å². The number of hydrogen-bond donors (Lipinski definition) is 0. The maximum absolute atomic E-state index is 8.74. The van der Waals surface area contributed by atoms with Crippen LogP contribution in [0.25, 0.3) is 11.0 Å². The zero-order valence-electron chi connectivity index (χ0n) is 11.1. The first-order chi connectivity index (χ1) is 10.2. The number of aromatic nitrogens is 4. The fraction of sp³-hybridized carbons (Fsp3) is 0.143. The van der Waals surface area contributed by atoms with Crippen LogP contribution in [0.5, 0.6) is 5.75 Å². The number of ether oxygens (including phenoxy) is 1. The van der Waals surface area contributed by atoms with Crippen molar-refractivity contribution in [3.63, 3.8) is 0 Å². The lowest BCUT2D eigenvalue weighted by Gasteiger charge is -2.06. The summed E-state index contributed by atoms with van der Waals surface area (Å²) in [7, 11) is 1.79. The Hall–Kier alpha value is -2.65. The Bertz CT molecular complexity index is 835. The van der Waals surface area contributed by atoms with Crippen LogP contribution in [-0.4, -0.2) is 19.7 Å². The van der Waals surface area contributed by atoms with E-state index in [2.05, 4.69) is 21.1 Å². The number of fused-ring (bicyclic) bond motifs is 1. The summed E-state index contributed by atoms with van der Waals surface area (Å²) in [6.07, 6.45) is 1.63. The highest BCUT2D eigenvalue weighted by atomic mass is 35.5. The second kappa shape index (κ2) is 5.38. The van der Waals surface area contributed by atoms with Crippen LogP contribution in [0.4, 0.5) is 0 Å². The first-order valence-corrected chi connectivity index (χ1v) is 6.52. The van der Waals surface area contributed by atoms with E-state index in [1.165, 1.54) is 0 Å². The maximum Gasteiger partial charge on any atom is 0.170 e. The van der Waals surface area contributed by atoms with E-state index >= 15 is 0 Å². The van der Waals surface area contributed by atoms with Gasteiger partial charge < -0.3 is 4.74 Å². The highest BCUT2D eigenvalue weighted by Crippen LogP contribution is 2.20. The Morgan fingerprint density at radius 2 is 2.05 bits per heavy atom. The van der Waals surface area contributed by atoms with Crippen molar-refractivity contribution in [2.24, 2.45) is 7.05 Å². The summed E-state index contributed by atoms with van der Waals surface area (Å²) in [5.41, 5.74) is 1.24. The topological polar surface area (TPSA) is 76.6 Å². The van der Waals surface area contributed by atoms with Crippen molar-refractivity contribution in [3.05, 3.63) is 47.0 Å². The smallest absolute Gasteiger partial charge is 0.170 e. The Labute approximate surface area is 125 Å². The Balaban J connectivity index is 1.81. The van der Waals surface area contributed by atoms with Gasteiger partial charge in [0.05, 0.1) is 23.2 Å². The van der Waals surface area contributed by atoms with Crippen LogP contribution in [-0.2, 0) is 13.7 Å². The lowest BCUT2D eigenvalue weighted by molar-refractivity contribution is 0.296. The summed E-state index contributed by atoms with van der Waals surface area (Å²) in [4.78, 5) is 8.56. The fourth-order valence-corrected chi connectivity index (χ4v) is 2.10. The van der Waals surface area contributed by atoms with Gasteiger partial charge >= 0.3 is 0 Å². The Kier molecular flexibility index (Phi) is 3.42. The number of nitrogens with zero attached hydrogens (tertiary/aromatic N) is 5. The van der Waals surface area contributed by atoms with Crippen molar-refractivity contribution in [1.29, 1.82) is 5.26 Å². The molecule has 0 aliphatic heterocycles.